The molecule has 0 rings (SSSR count). The van der Waals surface area contributed by atoms with Gasteiger partial charge in [-0.05, 0) is 31.6 Å². The Hall–Kier alpha value is -0.0400. The van der Waals surface area contributed by atoms with Crippen molar-refractivity contribution in [2.24, 2.45) is 5.92 Å². The molecule has 0 N–H and O–H groups in total. The van der Waals surface area contributed by atoms with E-state index in [4.69, 9.17) is 0 Å². The highest BCUT2D eigenvalue weighted by Gasteiger charge is 2.13. The minimum Gasteiger partial charge on any atom is -0.328 e. The normalized spacial score (nSPS) is 12.4. The predicted molar refractivity (Wildman–Crippen MR) is 79.3 cm³/mol. The Balaban J connectivity index is 3.44. The fourth-order valence-corrected chi connectivity index (χ4v) is 2.35. The molecule has 1 nitrogen and oxygen atoms in total. The van der Waals surface area contributed by atoms with E-state index in [-0.39, 0.29) is 0 Å². The van der Waals surface area contributed by atoms with Crippen LogP contribution in [0.3, 0.4) is 0 Å². The molecule has 0 saturated heterocycles. The number of quaternary nitrogens is 1. The van der Waals surface area contributed by atoms with Gasteiger partial charge in [-0.25, -0.2) is 0 Å². The fourth-order valence-electron chi connectivity index (χ4n) is 2.35. The summed E-state index contributed by atoms with van der Waals surface area (Å²) < 4.78 is 1.23. The Labute approximate surface area is 110 Å². The summed E-state index contributed by atoms with van der Waals surface area (Å²) in [7, 11) is 4.80. The first-order valence-corrected chi connectivity index (χ1v) is 7.80. The van der Waals surface area contributed by atoms with Gasteiger partial charge in [-0.2, -0.15) is 0 Å². The second kappa shape index (κ2) is 9.94. The molecule has 0 aromatic carbocycles. The Bertz CT molecular complexity index is 161. The number of hydrogen-bond donors (Lipinski definition) is 0. The Morgan fingerprint density at radius 3 is 1.82 bits per heavy atom. The van der Waals surface area contributed by atoms with Crippen LogP contribution in [0, 0.1) is 5.92 Å². The summed E-state index contributed by atoms with van der Waals surface area (Å²) in [6, 6.07) is 0. The highest BCUT2D eigenvalue weighted by molar-refractivity contribution is 4.47. The van der Waals surface area contributed by atoms with Crippen LogP contribution in [-0.2, 0) is 0 Å². The highest BCUT2D eigenvalue weighted by atomic mass is 15.3. The monoisotopic (exact) mass is 242 g/mol. The zero-order chi connectivity index (χ0) is 13.1. The molecule has 0 unspecified atom stereocenters. The van der Waals surface area contributed by atoms with E-state index in [0.717, 1.165) is 5.92 Å². The van der Waals surface area contributed by atoms with Crippen LogP contribution in [-0.4, -0.2) is 31.7 Å². The molecule has 0 fully saturated rings. The van der Waals surface area contributed by atoms with E-state index >= 15 is 0 Å². The molecule has 104 valence electrons. The van der Waals surface area contributed by atoms with Crippen LogP contribution < -0.4 is 0 Å². The standard InChI is InChI=1S/C16H36N/c1-6-7-8-9-11-14-17(4,5)15-12-10-13-16(2)3/h16H,6-15H2,1-5H3/q+1. The van der Waals surface area contributed by atoms with Gasteiger partial charge in [0.15, 0.2) is 0 Å². The van der Waals surface area contributed by atoms with Gasteiger partial charge in [0.1, 0.15) is 0 Å². The summed E-state index contributed by atoms with van der Waals surface area (Å²) in [4.78, 5) is 0. The van der Waals surface area contributed by atoms with Gasteiger partial charge in [0.25, 0.3) is 0 Å². The van der Waals surface area contributed by atoms with Crippen LogP contribution >= 0.6 is 0 Å². The zero-order valence-electron chi connectivity index (χ0n) is 13.1. The first kappa shape index (κ1) is 17.0. The number of unbranched alkanes of at least 4 members (excludes halogenated alkanes) is 5. The van der Waals surface area contributed by atoms with E-state index in [9.17, 15) is 0 Å². The van der Waals surface area contributed by atoms with E-state index in [0.29, 0.717) is 0 Å². The molecular formula is C16H36N+. The maximum absolute atomic E-state index is 2.40. The predicted octanol–water partition coefficient (Wildman–Crippen LogP) is 4.86. The lowest BCUT2D eigenvalue weighted by molar-refractivity contribution is -0.890. The molecule has 0 aliphatic heterocycles. The van der Waals surface area contributed by atoms with Gasteiger partial charge in [0.05, 0.1) is 27.2 Å². The summed E-state index contributed by atoms with van der Waals surface area (Å²) in [6.45, 7) is 9.67. The van der Waals surface area contributed by atoms with Crippen LogP contribution in [0.15, 0.2) is 0 Å². The molecule has 0 spiro atoms. The molecule has 17 heavy (non-hydrogen) atoms. The third kappa shape index (κ3) is 12.2. The van der Waals surface area contributed by atoms with Gasteiger partial charge < -0.3 is 4.48 Å². The topological polar surface area (TPSA) is 0 Å². The van der Waals surface area contributed by atoms with E-state index in [1.54, 1.807) is 0 Å². The first-order chi connectivity index (χ1) is 7.98. The van der Waals surface area contributed by atoms with E-state index in [1.165, 1.54) is 68.9 Å². The van der Waals surface area contributed by atoms with Crippen LogP contribution in [0.4, 0.5) is 0 Å². The molecule has 0 aliphatic rings. The molecule has 0 radical (unpaired) electrons. The van der Waals surface area contributed by atoms with Crippen LogP contribution in [0.1, 0.15) is 72.1 Å². The van der Waals surface area contributed by atoms with E-state index in [2.05, 4.69) is 34.9 Å². The lowest BCUT2D eigenvalue weighted by atomic mass is 10.1. The van der Waals surface area contributed by atoms with E-state index < -0.39 is 0 Å². The summed E-state index contributed by atoms with van der Waals surface area (Å²) in [5.74, 6) is 0.875. The lowest BCUT2D eigenvalue weighted by Gasteiger charge is -2.30. The Morgan fingerprint density at radius 1 is 0.765 bits per heavy atom. The molecule has 1 heteroatoms. The van der Waals surface area contributed by atoms with E-state index in [1.807, 2.05) is 0 Å². The van der Waals surface area contributed by atoms with Gasteiger partial charge in [0.2, 0.25) is 0 Å². The molecule has 0 heterocycles. The van der Waals surface area contributed by atoms with Crippen LogP contribution in [0.5, 0.6) is 0 Å². The maximum atomic E-state index is 2.40. The average molecular weight is 242 g/mol. The molecule has 0 bridgehead atoms. The third-order valence-electron chi connectivity index (χ3n) is 3.66. The van der Waals surface area contributed by atoms with Crippen molar-refractivity contribution in [3.05, 3.63) is 0 Å². The third-order valence-corrected chi connectivity index (χ3v) is 3.66. The number of rotatable bonds is 11. The van der Waals surface area contributed by atoms with Gasteiger partial charge in [-0.1, -0.05) is 46.5 Å². The second-order valence-corrected chi connectivity index (χ2v) is 6.69. The molecule has 0 aliphatic carbocycles. The highest BCUT2D eigenvalue weighted by Crippen LogP contribution is 2.11. The zero-order valence-corrected chi connectivity index (χ0v) is 13.1. The van der Waals surface area contributed by atoms with Gasteiger partial charge in [-0.15, -0.1) is 0 Å². The van der Waals surface area contributed by atoms with Crippen molar-refractivity contribution in [2.45, 2.75) is 72.1 Å². The van der Waals surface area contributed by atoms with Gasteiger partial charge in [-0.3, -0.25) is 0 Å². The van der Waals surface area contributed by atoms with Crippen molar-refractivity contribution in [3.63, 3.8) is 0 Å². The van der Waals surface area contributed by atoms with Crippen LogP contribution in [0.25, 0.3) is 0 Å². The Morgan fingerprint density at radius 2 is 1.29 bits per heavy atom. The van der Waals surface area contributed by atoms with Crippen molar-refractivity contribution < 1.29 is 4.48 Å². The smallest absolute Gasteiger partial charge is 0.0782 e. The minimum atomic E-state index is 0.875. The SMILES string of the molecule is CCCCCCC[N+](C)(C)CCCCC(C)C. The fraction of sp³-hybridized carbons (Fsp3) is 1.00. The van der Waals surface area contributed by atoms with Crippen molar-refractivity contribution in [1.82, 2.24) is 0 Å². The largest absolute Gasteiger partial charge is 0.328 e. The molecule has 0 atom stereocenters. The van der Waals surface area contributed by atoms with Gasteiger partial charge >= 0.3 is 0 Å². The average Bonchev–Trinajstić information content (AvgIpc) is 2.24. The summed E-state index contributed by atoms with van der Waals surface area (Å²) >= 11 is 0. The summed E-state index contributed by atoms with van der Waals surface area (Å²) in [6.07, 6.45) is 11.3. The molecule has 0 saturated carbocycles. The molecule has 0 aromatic rings. The summed E-state index contributed by atoms with van der Waals surface area (Å²) in [5.41, 5.74) is 0. The lowest BCUT2D eigenvalue weighted by Crippen LogP contribution is -2.41. The van der Waals surface area contributed by atoms with Crippen molar-refractivity contribution in [1.29, 1.82) is 0 Å². The maximum Gasteiger partial charge on any atom is 0.0782 e. The molecule has 0 aromatic heterocycles. The van der Waals surface area contributed by atoms with Crippen LogP contribution in [0.2, 0.25) is 0 Å². The minimum absolute atomic E-state index is 0.875. The van der Waals surface area contributed by atoms with Gasteiger partial charge in [0, 0.05) is 0 Å². The number of nitrogens with zero attached hydrogens (tertiary/aromatic N) is 1. The number of hydrogen-bond acceptors (Lipinski definition) is 0. The molecular weight excluding hydrogens is 206 g/mol. The quantitative estimate of drug-likeness (QED) is 0.358. The Kier molecular flexibility index (Phi) is 9.91. The second-order valence-electron chi connectivity index (χ2n) is 6.69. The van der Waals surface area contributed by atoms with Crippen molar-refractivity contribution >= 4 is 0 Å². The molecule has 0 amide bonds. The van der Waals surface area contributed by atoms with Crippen molar-refractivity contribution in [2.75, 3.05) is 27.2 Å². The summed E-state index contributed by atoms with van der Waals surface area (Å²) in [5, 5.41) is 0. The first-order valence-electron chi connectivity index (χ1n) is 7.80. The van der Waals surface area contributed by atoms with Crippen molar-refractivity contribution in [3.8, 4) is 0 Å².